The Labute approximate surface area is 372 Å². The van der Waals surface area contributed by atoms with E-state index in [0.29, 0.717) is 19.3 Å². The third-order valence-corrected chi connectivity index (χ3v) is 11.4. The van der Waals surface area contributed by atoms with Gasteiger partial charge in [-0.3, -0.25) is 14.4 Å². The molecule has 0 aromatic heterocycles. The number of hydrogen-bond acceptors (Lipinski definition) is 6. The topological polar surface area (TPSA) is 78.9 Å². The molecule has 0 fully saturated rings. The standard InChI is InChI=1S/C54H98O6/c1-4-7-10-13-16-19-21-23-25-26-27-29-30-32-35-38-41-44-47-53(56)59-50-51(49-58-52(55)46-43-40-37-34-18-15-12-9-6-3)60-54(57)48-45-42-39-36-33-31-28-24-22-20-17-14-11-8-5-2/h19,21,24-26,28,51H,4-18,20,22-23,27,29-50H2,1-3H3/b21-19-,26-25-,28-24-. The van der Waals surface area contributed by atoms with E-state index in [0.717, 1.165) is 77.0 Å². The van der Waals surface area contributed by atoms with Crippen molar-refractivity contribution in [2.75, 3.05) is 13.2 Å². The van der Waals surface area contributed by atoms with Gasteiger partial charge >= 0.3 is 17.9 Å². The van der Waals surface area contributed by atoms with Crippen molar-refractivity contribution in [1.82, 2.24) is 0 Å². The summed E-state index contributed by atoms with van der Waals surface area (Å²) in [5, 5.41) is 0. The summed E-state index contributed by atoms with van der Waals surface area (Å²) in [7, 11) is 0. The molecule has 0 aliphatic heterocycles. The first-order valence-electron chi connectivity index (χ1n) is 26.0. The minimum atomic E-state index is -0.775. The van der Waals surface area contributed by atoms with Crippen molar-refractivity contribution >= 4 is 17.9 Å². The van der Waals surface area contributed by atoms with Crippen molar-refractivity contribution in [2.45, 2.75) is 277 Å². The molecule has 6 nitrogen and oxygen atoms in total. The van der Waals surface area contributed by atoms with E-state index >= 15 is 0 Å². The highest BCUT2D eigenvalue weighted by atomic mass is 16.6. The molecule has 0 rings (SSSR count). The number of carbonyl (C=O) groups excluding carboxylic acids is 3. The van der Waals surface area contributed by atoms with Gasteiger partial charge in [-0.1, -0.05) is 211 Å². The van der Waals surface area contributed by atoms with E-state index in [-0.39, 0.29) is 31.1 Å². The summed E-state index contributed by atoms with van der Waals surface area (Å²) in [5.41, 5.74) is 0. The van der Waals surface area contributed by atoms with E-state index in [1.165, 1.54) is 154 Å². The summed E-state index contributed by atoms with van der Waals surface area (Å²) in [6, 6.07) is 0. The van der Waals surface area contributed by atoms with Gasteiger partial charge in [-0.25, -0.2) is 0 Å². The van der Waals surface area contributed by atoms with Gasteiger partial charge in [-0.2, -0.15) is 0 Å². The van der Waals surface area contributed by atoms with Gasteiger partial charge < -0.3 is 14.2 Å². The van der Waals surface area contributed by atoms with Gasteiger partial charge in [0.15, 0.2) is 6.10 Å². The number of allylic oxidation sites excluding steroid dienone is 6. The minimum absolute atomic E-state index is 0.0757. The molecule has 0 aromatic carbocycles. The van der Waals surface area contributed by atoms with Crippen LogP contribution in [0.3, 0.4) is 0 Å². The third-order valence-electron chi connectivity index (χ3n) is 11.4. The fourth-order valence-electron chi connectivity index (χ4n) is 7.41. The van der Waals surface area contributed by atoms with E-state index in [2.05, 4.69) is 57.2 Å². The van der Waals surface area contributed by atoms with Crippen LogP contribution in [0, 0.1) is 0 Å². The van der Waals surface area contributed by atoms with Crippen LogP contribution >= 0.6 is 0 Å². The molecule has 6 heteroatoms. The van der Waals surface area contributed by atoms with Crippen LogP contribution in [-0.2, 0) is 28.6 Å². The molecular formula is C54H98O6. The molecule has 60 heavy (non-hydrogen) atoms. The first-order chi connectivity index (χ1) is 29.5. The van der Waals surface area contributed by atoms with Gasteiger partial charge in [0.1, 0.15) is 13.2 Å². The van der Waals surface area contributed by atoms with Crippen LogP contribution in [0.15, 0.2) is 36.5 Å². The van der Waals surface area contributed by atoms with Gasteiger partial charge in [0, 0.05) is 19.3 Å². The average molecular weight is 843 g/mol. The number of carbonyl (C=O) groups is 3. The smallest absolute Gasteiger partial charge is 0.306 e. The minimum Gasteiger partial charge on any atom is -0.462 e. The quantitative estimate of drug-likeness (QED) is 0.0263. The number of unbranched alkanes of at least 4 members (excludes halogenated alkanes) is 30. The second-order valence-corrected chi connectivity index (χ2v) is 17.4. The maximum Gasteiger partial charge on any atom is 0.306 e. The molecule has 0 saturated heterocycles. The Kier molecular flexibility index (Phi) is 47.3. The van der Waals surface area contributed by atoms with Crippen molar-refractivity contribution in [3.8, 4) is 0 Å². The molecule has 1 atom stereocenters. The highest BCUT2D eigenvalue weighted by molar-refractivity contribution is 5.71. The lowest BCUT2D eigenvalue weighted by molar-refractivity contribution is -0.167. The predicted molar refractivity (Wildman–Crippen MR) is 256 cm³/mol. The van der Waals surface area contributed by atoms with Crippen molar-refractivity contribution in [2.24, 2.45) is 0 Å². The molecule has 0 aliphatic rings. The second kappa shape index (κ2) is 49.3. The molecule has 0 bridgehead atoms. The van der Waals surface area contributed by atoms with Crippen LogP contribution in [0.1, 0.15) is 271 Å². The monoisotopic (exact) mass is 843 g/mol. The molecule has 0 heterocycles. The van der Waals surface area contributed by atoms with Crippen LogP contribution in [0.2, 0.25) is 0 Å². The van der Waals surface area contributed by atoms with Crippen molar-refractivity contribution < 1.29 is 28.6 Å². The largest absolute Gasteiger partial charge is 0.462 e. The van der Waals surface area contributed by atoms with Crippen molar-refractivity contribution in [3.63, 3.8) is 0 Å². The molecular weight excluding hydrogens is 745 g/mol. The normalized spacial score (nSPS) is 12.2. The maximum atomic E-state index is 12.8. The Hall–Kier alpha value is -2.37. The lowest BCUT2D eigenvalue weighted by Gasteiger charge is -2.18. The number of ether oxygens (including phenoxy) is 3. The highest BCUT2D eigenvalue weighted by Gasteiger charge is 2.19. The average Bonchev–Trinajstić information content (AvgIpc) is 3.24. The maximum absolute atomic E-state index is 12.8. The molecule has 0 radical (unpaired) electrons. The van der Waals surface area contributed by atoms with E-state index in [4.69, 9.17) is 14.2 Å². The Morgan fingerprint density at radius 1 is 0.333 bits per heavy atom. The van der Waals surface area contributed by atoms with Crippen LogP contribution in [0.25, 0.3) is 0 Å². The summed E-state index contributed by atoms with van der Waals surface area (Å²) >= 11 is 0. The van der Waals surface area contributed by atoms with Gasteiger partial charge in [-0.05, 0) is 77.0 Å². The molecule has 0 N–H and O–H groups in total. The van der Waals surface area contributed by atoms with E-state index in [9.17, 15) is 14.4 Å². The molecule has 1 unspecified atom stereocenters. The molecule has 0 amide bonds. The first kappa shape index (κ1) is 57.6. The van der Waals surface area contributed by atoms with Gasteiger partial charge in [-0.15, -0.1) is 0 Å². The Bertz CT molecular complexity index is 1020. The number of hydrogen-bond donors (Lipinski definition) is 0. The Balaban J connectivity index is 4.32. The van der Waals surface area contributed by atoms with E-state index in [1.807, 2.05) is 0 Å². The zero-order chi connectivity index (χ0) is 43.7. The van der Waals surface area contributed by atoms with Crippen molar-refractivity contribution in [1.29, 1.82) is 0 Å². The fourth-order valence-corrected chi connectivity index (χ4v) is 7.41. The molecule has 0 saturated carbocycles. The summed E-state index contributed by atoms with van der Waals surface area (Å²) < 4.78 is 16.8. The van der Waals surface area contributed by atoms with Crippen LogP contribution in [0.4, 0.5) is 0 Å². The lowest BCUT2D eigenvalue weighted by Crippen LogP contribution is -2.30. The van der Waals surface area contributed by atoms with Crippen molar-refractivity contribution in [3.05, 3.63) is 36.5 Å². The first-order valence-corrected chi connectivity index (χ1v) is 26.0. The zero-order valence-electron chi connectivity index (χ0n) is 40.0. The van der Waals surface area contributed by atoms with Crippen LogP contribution in [0.5, 0.6) is 0 Å². The Morgan fingerprint density at radius 2 is 0.600 bits per heavy atom. The summed E-state index contributed by atoms with van der Waals surface area (Å²) in [5.74, 6) is -0.886. The number of rotatable bonds is 47. The van der Waals surface area contributed by atoms with Gasteiger partial charge in [0.25, 0.3) is 0 Å². The van der Waals surface area contributed by atoms with Gasteiger partial charge in [0.05, 0.1) is 0 Å². The predicted octanol–water partition coefficient (Wildman–Crippen LogP) is 16.9. The van der Waals surface area contributed by atoms with Crippen LogP contribution < -0.4 is 0 Å². The zero-order valence-corrected chi connectivity index (χ0v) is 40.0. The highest BCUT2D eigenvalue weighted by Crippen LogP contribution is 2.15. The molecule has 0 aliphatic carbocycles. The van der Waals surface area contributed by atoms with E-state index in [1.54, 1.807) is 0 Å². The Morgan fingerprint density at radius 3 is 0.950 bits per heavy atom. The summed E-state index contributed by atoms with van der Waals surface area (Å²) in [6.07, 6.45) is 57.0. The lowest BCUT2D eigenvalue weighted by atomic mass is 10.1. The molecule has 0 aromatic rings. The third kappa shape index (κ3) is 46.7. The summed E-state index contributed by atoms with van der Waals surface area (Å²) in [4.78, 5) is 37.9. The summed E-state index contributed by atoms with van der Waals surface area (Å²) in [6.45, 7) is 6.60. The fraction of sp³-hybridized carbons (Fsp3) is 0.833. The second-order valence-electron chi connectivity index (χ2n) is 17.4. The number of esters is 3. The molecule has 0 spiro atoms. The van der Waals surface area contributed by atoms with Gasteiger partial charge in [0.2, 0.25) is 0 Å². The van der Waals surface area contributed by atoms with E-state index < -0.39 is 6.10 Å². The van der Waals surface area contributed by atoms with Crippen LogP contribution in [-0.4, -0.2) is 37.2 Å². The SMILES string of the molecule is CCCCCC/C=C\C/C=C\CCCCCCCCCC(=O)OCC(COC(=O)CCCCCCCCCCC)OC(=O)CCCCCCC/C=C\CCCCCCCC. The molecule has 350 valence electrons.